The van der Waals surface area contributed by atoms with Crippen LogP contribution in [0, 0.1) is 0 Å². The molecule has 1 fully saturated rings. The Morgan fingerprint density at radius 1 is 1.56 bits per heavy atom. The summed E-state index contributed by atoms with van der Waals surface area (Å²) in [7, 11) is 0. The molecule has 4 nitrogen and oxygen atoms in total. The van der Waals surface area contributed by atoms with E-state index in [1.54, 1.807) is 0 Å². The van der Waals surface area contributed by atoms with Crippen molar-refractivity contribution in [2.24, 2.45) is 0 Å². The van der Waals surface area contributed by atoms with Crippen molar-refractivity contribution < 1.29 is 0 Å². The van der Waals surface area contributed by atoms with Crippen molar-refractivity contribution in [2.75, 3.05) is 13.1 Å². The quantitative estimate of drug-likeness (QED) is 0.317. The molecule has 0 saturated carbocycles. The molecule has 0 spiro atoms. The van der Waals surface area contributed by atoms with Crippen LogP contribution in [-0.4, -0.2) is 19.1 Å². The van der Waals surface area contributed by atoms with Crippen LogP contribution in [0.15, 0.2) is 11.8 Å². The molecule has 0 aromatic carbocycles. The lowest BCUT2D eigenvalue weighted by Gasteiger charge is -2.15. The monoisotopic (exact) mass is 126 g/mol. The fraction of sp³-hybridized carbons (Fsp3) is 0.600. The Kier molecular flexibility index (Phi) is 1.15. The molecule has 1 saturated heterocycles. The van der Waals surface area contributed by atoms with E-state index in [0.29, 0.717) is 6.04 Å². The van der Waals surface area contributed by atoms with Gasteiger partial charge in [-0.3, -0.25) is 0 Å². The van der Waals surface area contributed by atoms with Crippen molar-refractivity contribution >= 4 is 0 Å². The smallest absolute Gasteiger partial charge is 0.0762 e. The molecule has 2 aliphatic heterocycles. The lowest BCUT2D eigenvalue weighted by atomic mass is 10.2. The molecule has 4 N–H and O–H groups in total. The maximum atomic E-state index is 3.24. The minimum Gasteiger partial charge on any atom is -0.311 e. The number of fused-ring (bicyclic) bond motifs is 1. The van der Waals surface area contributed by atoms with E-state index in [-0.39, 0.29) is 0 Å². The molecule has 2 heterocycles. The van der Waals surface area contributed by atoms with Crippen LogP contribution in [0.1, 0.15) is 0 Å². The van der Waals surface area contributed by atoms with Crippen molar-refractivity contribution in [3.8, 4) is 0 Å². The first-order chi connectivity index (χ1) is 4.47. The summed E-state index contributed by atoms with van der Waals surface area (Å²) in [6.07, 6.45) is 2.14. The van der Waals surface area contributed by atoms with Gasteiger partial charge in [0.05, 0.1) is 6.04 Å². The second kappa shape index (κ2) is 1.98. The number of hydrogen-bond acceptors (Lipinski definition) is 4. The van der Waals surface area contributed by atoms with E-state index in [1.165, 1.54) is 5.70 Å². The van der Waals surface area contributed by atoms with Crippen LogP contribution in [0.3, 0.4) is 0 Å². The first kappa shape index (κ1) is 5.22. The maximum Gasteiger partial charge on any atom is 0.0762 e. The summed E-state index contributed by atoms with van der Waals surface area (Å²) in [6, 6.07) is 0.443. The maximum absolute atomic E-state index is 3.24. The second-order valence-corrected chi connectivity index (χ2v) is 2.26. The third-order valence-corrected chi connectivity index (χ3v) is 1.64. The van der Waals surface area contributed by atoms with Gasteiger partial charge in [-0.2, -0.15) is 5.53 Å². The highest BCUT2D eigenvalue weighted by Crippen LogP contribution is 2.02. The molecule has 4 heteroatoms. The highest BCUT2D eigenvalue weighted by molar-refractivity contribution is 5.15. The molecule has 2 rings (SSSR count). The Hall–Kier alpha value is -0.580. The third-order valence-electron chi connectivity index (χ3n) is 1.64. The minimum absolute atomic E-state index is 0.443. The van der Waals surface area contributed by atoms with Crippen LogP contribution in [0.4, 0.5) is 0 Å². The van der Waals surface area contributed by atoms with Gasteiger partial charge in [0.2, 0.25) is 0 Å². The average Bonchev–Trinajstić information content (AvgIpc) is 2.33. The normalized spacial score (nSPS) is 32.9. The molecule has 1 atom stereocenters. The number of hydrogen-bond donors (Lipinski definition) is 4. The highest BCUT2D eigenvalue weighted by atomic mass is 15.7. The molecule has 0 aromatic heterocycles. The van der Waals surface area contributed by atoms with Crippen molar-refractivity contribution in [1.29, 1.82) is 0 Å². The lowest BCUT2D eigenvalue weighted by molar-refractivity contribution is 0.519. The van der Waals surface area contributed by atoms with E-state index in [0.717, 1.165) is 13.1 Å². The van der Waals surface area contributed by atoms with E-state index in [4.69, 9.17) is 0 Å². The Morgan fingerprint density at radius 2 is 2.56 bits per heavy atom. The third kappa shape index (κ3) is 0.808. The summed E-state index contributed by atoms with van der Waals surface area (Å²) in [6.45, 7) is 1.98. The molecular formula is C5H10N4. The van der Waals surface area contributed by atoms with Crippen LogP contribution in [0.5, 0.6) is 0 Å². The van der Waals surface area contributed by atoms with Crippen LogP contribution < -0.4 is 21.7 Å². The summed E-state index contributed by atoms with van der Waals surface area (Å²) in [5.74, 6) is 0. The standard InChI is InChI=1S/C5H10N4/c1-2-6-3-5-4(1)7-9-8-5/h1,5-9H,2-3H2. The molecule has 0 aliphatic carbocycles. The minimum atomic E-state index is 0.443. The largest absolute Gasteiger partial charge is 0.311 e. The van der Waals surface area contributed by atoms with E-state index in [1.807, 2.05) is 0 Å². The number of hydrazine groups is 2. The van der Waals surface area contributed by atoms with Crippen LogP contribution in [0.25, 0.3) is 0 Å². The van der Waals surface area contributed by atoms with Gasteiger partial charge in [0.1, 0.15) is 0 Å². The molecule has 50 valence electrons. The van der Waals surface area contributed by atoms with Gasteiger partial charge < -0.3 is 10.7 Å². The van der Waals surface area contributed by atoms with Gasteiger partial charge in [0, 0.05) is 18.8 Å². The molecule has 9 heavy (non-hydrogen) atoms. The Bertz CT molecular complexity index is 142. The van der Waals surface area contributed by atoms with E-state index < -0.39 is 0 Å². The van der Waals surface area contributed by atoms with Gasteiger partial charge in [0.25, 0.3) is 0 Å². The number of rotatable bonds is 0. The molecule has 0 radical (unpaired) electrons. The molecule has 1 unspecified atom stereocenters. The van der Waals surface area contributed by atoms with Gasteiger partial charge in [-0.25, -0.2) is 5.43 Å². The Balaban J connectivity index is 2.16. The van der Waals surface area contributed by atoms with Gasteiger partial charge in [0.15, 0.2) is 0 Å². The molecule has 0 aromatic rings. The summed E-state index contributed by atoms with van der Waals surface area (Å²) in [5.41, 5.74) is 10.2. The SMILES string of the molecule is C1=C2NNNC2CNC1. The van der Waals surface area contributed by atoms with Crippen LogP contribution in [0.2, 0.25) is 0 Å². The van der Waals surface area contributed by atoms with E-state index >= 15 is 0 Å². The predicted octanol–water partition coefficient (Wildman–Crippen LogP) is -1.55. The van der Waals surface area contributed by atoms with Crippen molar-refractivity contribution in [2.45, 2.75) is 6.04 Å². The fourth-order valence-electron chi connectivity index (χ4n) is 1.12. The topological polar surface area (TPSA) is 48.1 Å². The van der Waals surface area contributed by atoms with Gasteiger partial charge in [-0.1, -0.05) is 0 Å². The van der Waals surface area contributed by atoms with Crippen molar-refractivity contribution in [3.05, 3.63) is 11.8 Å². The zero-order valence-electron chi connectivity index (χ0n) is 5.07. The summed E-state index contributed by atoms with van der Waals surface area (Å²) in [5, 5.41) is 3.24. The first-order valence-corrected chi connectivity index (χ1v) is 3.14. The molecule has 0 bridgehead atoms. The van der Waals surface area contributed by atoms with E-state index in [9.17, 15) is 0 Å². The van der Waals surface area contributed by atoms with Gasteiger partial charge in [-0.05, 0) is 6.08 Å². The summed E-state index contributed by atoms with van der Waals surface area (Å²) in [4.78, 5) is 0. The Morgan fingerprint density at radius 3 is 3.44 bits per heavy atom. The van der Waals surface area contributed by atoms with Crippen molar-refractivity contribution in [1.82, 2.24) is 21.7 Å². The van der Waals surface area contributed by atoms with Gasteiger partial charge >= 0.3 is 0 Å². The fourth-order valence-corrected chi connectivity index (χ4v) is 1.12. The Labute approximate surface area is 53.6 Å². The molecule has 0 amide bonds. The second-order valence-electron chi connectivity index (χ2n) is 2.26. The zero-order valence-corrected chi connectivity index (χ0v) is 5.07. The first-order valence-electron chi connectivity index (χ1n) is 3.14. The number of nitrogens with one attached hydrogen (secondary N) is 4. The summed E-state index contributed by atoms with van der Waals surface area (Å²) < 4.78 is 0. The van der Waals surface area contributed by atoms with Crippen LogP contribution >= 0.6 is 0 Å². The van der Waals surface area contributed by atoms with Crippen molar-refractivity contribution in [3.63, 3.8) is 0 Å². The average molecular weight is 126 g/mol. The van der Waals surface area contributed by atoms with Crippen LogP contribution in [-0.2, 0) is 0 Å². The highest BCUT2D eigenvalue weighted by Gasteiger charge is 2.20. The molecule has 2 aliphatic rings. The zero-order chi connectivity index (χ0) is 6.10. The summed E-state index contributed by atoms with van der Waals surface area (Å²) >= 11 is 0. The van der Waals surface area contributed by atoms with Gasteiger partial charge in [-0.15, -0.1) is 0 Å². The molecular weight excluding hydrogens is 116 g/mol. The predicted molar refractivity (Wildman–Crippen MR) is 34.1 cm³/mol. The van der Waals surface area contributed by atoms with E-state index in [2.05, 4.69) is 27.8 Å². The lowest BCUT2D eigenvalue weighted by Crippen LogP contribution is -2.40.